The zero-order chi connectivity index (χ0) is 18.0. The van der Waals surface area contributed by atoms with Crippen molar-refractivity contribution in [1.82, 2.24) is 19.8 Å². The van der Waals surface area contributed by atoms with Crippen LogP contribution < -0.4 is 10.6 Å². The SMILES string of the molecule is C=CCN1CCC(NC(=NC)NCCS(=O)(=O)N(CC)CC)CC1.I. The van der Waals surface area contributed by atoms with E-state index in [1.807, 2.05) is 19.9 Å². The molecule has 0 bridgehead atoms. The van der Waals surface area contributed by atoms with Crippen LogP contribution in [0.1, 0.15) is 26.7 Å². The predicted molar refractivity (Wildman–Crippen MR) is 116 cm³/mol. The fourth-order valence-electron chi connectivity index (χ4n) is 2.87. The quantitative estimate of drug-likeness (QED) is 0.221. The molecule has 2 N–H and O–H groups in total. The van der Waals surface area contributed by atoms with Gasteiger partial charge in [0.1, 0.15) is 0 Å². The number of nitrogens with one attached hydrogen (secondary N) is 2. The summed E-state index contributed by atoms with van der Waals surface area (Å²) in [5.74, 6) is 0.750. The number of likely N-dealkylation sites (tertiary alicyclic amines) is 1. The number of halogens is 1. The van der Waals surface area contributed by atoms with E-state index in [4.69, 9.17) is 0 Å². The molecule has 0 aromatic carbocycles. The van der Waals surface area contributed by atoms with Crippen LogP contribution >= 0.6 is 24.0 Å². The first-order valence-electron chi connectivity index (χ1n) is 8.75. The summed E-state index contributed by atoms with van der Waals surface area (Å²) < 4.78 is 25.8. The maximum atomic E-state index is 12.2. The van der Waals surface area contributed by atoms with Crippen LogP contribution in [0.15, 0.2) is 17.6 Å². The fraction of sp³-hybridized carbons (Fsp3) is 0.812. The van der Waals surface area contributed by atoms with Crippen LogP contribution in [0.5, 0.6) is 0 Å². The topological polar surface area (TPSA) is 77.0 Å². The summed E-state index contributed by atoms with van der Waals surface area (Å²) in [6.45, 7) is 11.9. The van der Waals surface area contributed by atoms with Gasteiger partial charge in [0.15, 0.2) is 5.96 Å². The number of aliphatic imine (C=N–C) groups is 1. The standard InChI is InChI=1S/C16H33N5O2S.HI/c1-5-11-20-12-8-15(9-13-20)19-16(17-4)18-10-14-24(22,23)21(6-2)7-3;/h5,15H,1,6-14H2,2-4H3,(H2,17,18,19);1H. The molecule has 0 amide bonds. The molecule has 0 aromatic heterocycles. The highest BCUT2D eigenvalue weighted by Gasteiger charge is 2.20. The van der Waals surface area contributed by atoms with Crippen molar-refractivity contribution in [2.75, 3.05) is 52.1 Å². The minimum atomic E-state index is -3.20. The van der Waals surface area contributed by atoms with Crippen molar-refractivity contribution in [3.05, 3.63) is 12.7 Å². The zero-order valence-corrected chi connectivity index (χ0v) is 18.8. The number of hydrogen-bond donors (Lipinski definition) is 2. The largest absolute Gasteiger partial charge is 0.355 e. The Morgan fingerprint density at radius 3 is 2.40 bits per heavy atom. The molecule has 0 aliphatic carbocycles. The van der Waals surface area contributed by atoms with E-state index in [1.54, 1.807) is 7.05 Å². The van der Waals surface area contributed by atoms with Gasteiger partial charge in [0.05, 0.1) is 5.75 Å². The summed E-state index contributed by atoms with van der Waals surface area (Å²) in [5, 5.41) is 6.51. The normalized spacial score (nSPS) is 17.2. The van der Waals surface area contributed by atoms with Crippen LogP contribution in [-0.4, -0.2) is 81.7 Å². The van der Waals surface area contributed by atoms with E-state index >= 15 is 0 Å². The zero-order valence-electron chi connectivity index (χ0n) is 15.7. The summed E-state index contributed by atoms with van der Waals surface area (Å²) in [5.41, 5.74) is 0. The van der Waals surface area contributed by atoms with Gasteiger partial charge in [-0.05, 0) is 12.8 Å². The third-order valence-electron chi connectivity index (χ3n) is 4.29. The highest BCUT2D eigenvalue weighted by Crippen LogP contribution is 2.09. The highest BCUT2D eigenvalue weighted by molar-refractivity contribution is 14.0. The number of guanidine groups is 1. The molecular formula is C16H34IN5O2S. The predicted octanol–water partition coefficient (Wildman–Crippen LogP) is 1.09. The molecule has 1 fully saturated rings. The van der Waals surface area contributed by atoms with Crippen LogP contribution in [0.2, 0.25) is 0 Å². The van der Waals surface area contributed by atoms with Crippen LogP contribution in [0.4, 0.5) is 0 Å². The monoisotopic (exact) mass is 487 g/mol. The van der Waals surface area contributed by atoms with Crippen molar-refractivity contribution < 1.29 is 8.42 Å². The molecule has 0 radical (unpaired) electrons. The van der Waals surface area contributed by atoms with Gasteiger partial charge in [-0.25, -0.2) is 12.7 Å². The Balaban J connectivity index is 0.00000576. The first kappa shape index (κ1) is 24.6. The average molecular weight is 487 g/mol. The van der Waals surface area contributed by atoms with Crippen LogP contribution in [0, 0.1) is 0 Å². The van der Waals surface area contributed by atoms with Gasteiger partial charge in [-0.2, -0.15) is 0 Å². The van der Waals surface area contributed by atoms with E-state index in [0.717, 1.165) is 32.5 Å². The summed E-state index contributed by atoms with van der Waals surface area (Å²) in [6, 6.07) is 0.372. The smallest absolute Gasteiger partial charge is 0.215 e. The van der Waals surface area contributed by atoms with Gasteiger partial charge >= 0.3 is 0 Å². The fourth-order valence-corrected chi connectivity index (χ4v) is 4.28. The summed E-state index contributed by atoms with van der Waals surface area (Å²) in [7, 11) is -1.49. The Labute approximate surface area is 170 Å². The van der Waals surface area contributed by atoms with E-state index in [0.29, 0.717) is 31.6 Å². The van der Waals surface area contributed by atoms with Crippen molar-refractivity contribution in [3.63, 3.8) is 0 Å². The van der Waals surface area contributed by atoms with Gasteiger partial charge in [-0.15, -0.1) is 30.6 Å². The second-order valence-corrected chi connectivity index (χ2v) is 8.00. The molecule has 1 saturated heterocycles. The molecule has 1 aliphatic heterocycles. The second-order valence-electron chi connectivity index (χ2n) is 5.91. The lowest BCUT2D eigenvalue weighted by Gasteiger charge is -2.32. The highest BCUT2D eigenvalue weighted by atomic mass is 127. The first-order valence-corrected chi connectivity index (χ1v) is 10.4. The molecule has 7 nitrogen and oxygen atoms in total. The number of piperidine rings is 1. The molecule has 9 heteroatoms. The Bertz CT molecular complexity index is 501. The molecule has 1 aliphatic rings. The van der Waals surface area contributed by atoms with E-state index < -0.39 is 10.0 Å². The minimum Gasteiger partial charge on any atom is -0.355 e. The van der Waals surface area contributed by atoms with Crippen LogP contribution in [0.3, 0.4) is 0 Å². The van der Waals surface area contributed by atoms with Gasteiger partial charge in [-0.1, -0.05) is 19.9 Å². The van der Waals surface area contributed by atoms with Crippen molar-refractivity contribution in [3.8, 4) is 0 Å². The minimum absolute atomic E-state index is 0. The molecule has 0 spiro atoms. The van der Waals surface area contributed by atoms with E-state index in [-0.39, 0.29) is 29.7 Å². The van der Waals surface area contributed by atoms with Gasteiger partial charge < -0.3 is 10.6 Å². The van der Waals surface area contributed by atoms with Crippen molar-refractivity contribution in [1.29, 1.82) is 0 Å². The number of sulfonamides is 1. The maximum absolute atomic E-state index is 12.2. The lowest BCUT2D eigenvalue weighted by atomic mass is 10.1. The molecule has 0 aromatic rings. The molecule has 0 unspecified atom stereocenters. The third kappa shape index (κ3) is 8.69. The van der Waals surface area contributed by atoms with Gasteiger partial charge in [0.2, 0.25) is 10.0 Å². The lowest BCUT2D eigenvalue weighted by Crippen LogP contribution is -2.49. The van der Waals surface area contributed by atoms with Gasteiger partial charge in [0.25, 0.3) is 0 Å². The molecule has 25 heavy (non-hydrogen) atoms. The average Bonchev–Trinajstić information content (AvgIpc) is 2.56. The Hall–Kier alpha value is -0.390. The van der Waals surface area contributed by atoms with Gasteiger partial charge in [0, 0.05) is 52.4 Å². The Morgan fingerprint density at radius 1 is 1.32 bits per heavy atom. The maximum Gasteiger partial charge on any atom is 0.215 e. The summed E-state index contributed by atoms with van der Waals surface area (Å²) in [6.07, 6.45) is 4.03. The van der Waals surface area contributed by atoms with Crippen molar-refractivity contribution in [2.45, 2.75) is 32.7 Å². The lowest BCUT2D eigenvalue weighted by molar-refractivity contribution is 0.225. The second kappa shape index (κ2) is 12.9. The first-order chi connectivity index (χ1) is 11.5. The summed E-state index contributed by atoms with van der Waals surface area (Å²) >= 11 is 0. The van der Waals surface area contributed by atoms with Crippen LogP contribution in [0.25, 0.3) is 0 Å². The van der Waals surface area contributed by atoms with Crippen molar-refractivity contribution >= 4 is 40.0 Å². The van der Waals surface area contributed by atoms with Crippen molar-refractivity contribution in [2.24, 2.45) is 4.99 Å². The third-order valence-corrected chi connectivity index (χ3v) is 6.31. The molecule has 0 saturated carbocycles. The number of hydrogen-bond acceptors (Lipinski definition) is 4. The van der Waals surface area contributed by atoms with E-state index in [2.05, 4.69) is 27.1 Å². The molecule has 1 rings (SSSR count). The van der Waals surface area contributed by atoms with Gasteiger partial charge in [-0.3, -0.25) is 9.89 Å². The van der Waals surface area contributed by atoms with Crippen LogP contribution in [-0.2, 0) is 10.0 Å². The number of rotatable bonds is 9. The number of nitrogens with zero attached hydrogens (tertiary/aromatic N) is 3. The molecule has 0 atom stereocenters. The Kier molecular flexibility index (Phi) is 12.7. The van der Waals surface area contributed by atoms with E-state index in [9.17, 15) is 8.42 Å². The summed E-state index contributed by atoms with van der Waals surface area (Å²) in [4.78, 5) is 6.57. The molecule has 148 valence electrons. The van der Waals surface area contributed by atoms with E-state index in [1.165, 1.54) is 4.31 Å². The Morgan fingerprint density at radius 2 is 1.92 bits per heavy atom. The molecular weight excluding hydrogens is 453 g/mol. The molecule has 1 heterocycles.